The van der Waals surface area contributed by atoms with Crippen LogP contribution in [-0.2, 0) is 10.0 Å². The van der Waals surface area contributed by atoms with Crippen molar-refractivity contribution in [1.82, 2.24) is 4.31 Å². The van der Waals surface area contributed by atoms with Crippen molar-refractivity contribution in [3.05, 3.63) is 0 Å². The van der Waals surface area contributed by atoms with E-state index in [4.69, 9.17) is 18.0 Å². The summed E-state index contributed by atoms with van der Waals surface area (Å²) in [5, 5.41) is -0.710. The van der Waals surface area contributed by atoms with Gasteiger partial charge < -0.3 is 5.73 Å². The van der Waals surface area contributed by atoms with Crippen LogP contribution in [0.5, 0.6) is 0 Å². The molecule has 4 nitrogen and oxygen atoms in total. The second-order valence-electron chi connectivity index (χ2n) is 5.45. The highest BCUT2D eigenvalue weighted by molar-refractivity contribution is 7.92. The van der Waals surface area contributed by atoms with Gasteiger partial charge in [-0.1, -0.05) is 45.8 Å². The van der Waals surface area contributed by atoms with E-state index < -0.39 is 15.3 Å². The van der Waals surface area contributed by atoms with Crippen LogP contribution in [0, 0.1) is 5.41 Å². The van der Waals surface area contributed by atoms with Crippen molar-refractivity contribution in [1.29, 1.82) is 0 Å². The molecule has 0 aromatic heterocycles. The van der Waals surface area contributed by atoms with Crippen molar-refractivity contribution >= 4 is 27.2 Å². The van der Waals surface area contributed by atoms with Gasteiger partial charge in [-0.15, -0.1) is 0 Å². The highest BCUT2D eigenvalue weighted by Gasteiger charge is 2.39. The summed E-state index contributed by atoms with van der Waals surface area (Å²) >= 11 is 4.90. The summed E-state index contributed by atoms with van der Waals surface area (Å²) in [6.07, 6.45) is 4.55. The van der Waals surface area contributed by atoms with E-state index in [0.29, 0.717) is 24.9 Å². The Morgan fingerprint density at radius 1 is 1.26 bits per heavy atom. The minimum absolute atomic E-state index is 0.0883. The number of sulfonamides is 1. The molecule has 0 bridgehead atoms. The highest BCUT2D eigenvalue weighted by Crippen LogP contribution is 2.39. The second kappa shape index (κ2) is 6.50. The zero-order valence-electron chi connectivity index (χ0n) is 12.2. The molecule has 1 fully saturated rings. The molecular weight excluding hydrogens is 280 g/mol. The monoisotopic (exact) mass is 306 g/mol. The van der Waals surface area contributed by atoms with Gasteiger partial charge in [-0.25, -0.2) is 12.7 Å². The molecule has 1 aliphatic rings. The minimum Gasteiger partial charge on any atom is -0.392 e. The smallest absolute Gasteiger partial charge is 0.223 e. The van der Waals surface area contributed by atoms with Crippen LogP contribution < -0.4 is 5.73 Å². The number of nitrogens with zero attached hydrogens (tertiary/aromatic N) is 1. The van der Waals surface area contributed by atoms with Crippen LogP contribution in [-0.4, -0.2) is 36.1 Å². The molecule has 2 N–H and O–H groups in total. The Morgan fingerprint density at radius 2 is 1.74 bits per heavy atom. The fourth-order valence-corrected chi connectivity index (χ4v) is 5.21. The normalized spacial score (nSPS) is 22.1. The van der Waals surface area contributed by atoms with Crippen molar-refractivity contribution in [2.45, 2.75) is 58.1 Å². The summed E-state index contributed by atoms with van der Waals surface area (Å²) in [4.78, 5) is 0.0883. The second-order valence-corrected chi connectivity index (χ2v) is 8.04. The molecule has 1 unspecified atom stereocenters. The van der Waals surface area contributed by atoms with E-state index in [1.807, 2.05) is 6.92 Å². The lowest BCUT2D eigenvalue weighted by Crippen LogP contribution is -2.49. The quantitative estimate of drug-likeness (QED) is 0.765. The van der Waals surface area contributed by atoms with E-state index in [9.17, 15) is 8.42 Å². The lowest BCUT2D eigenvalue weighted by atomic mass is 9.75. The van der Waals surface area contributed by atoms with E-state index in [1.54, 1.807) is 4.31 Å². The molecule has 19 heavy (non-hydrogen) atoms. The zero-order valence-corrected chi connectivity index (χ0v) is 13.8. The molecular formula is C13H26N2O2S2. The maximum atomic E-state index is 12.5. The zero-order chi connectivity index (χ0) is 14.7. The molecule has 0 aromatic carbocycles. The fraction of sp³-hybridized carbons (Fsp3) is 0.923. The molecule has 6 heteroatoms. The molecule has 0 radical (unpaired) electrons. The maximum Gasteiger partial charge on any atom is 0.223 e. The molecule has 0 spiro atoms. The van der Waals surface area contributed by atoms with Crippen LogP contribution in [0.4, 0.5) is 0 Å². The van der Waals surface area contributed by atoms with Gasteiger partial charge in [-0.3, -0.25) is 0 Å². The van der Waals surface area contributed by atoms with Crippen molar-refractivity contribution in [3.8, 4) is 0 Å². The molecule has 0 aromatic rings. The van der Waals surface area contributed by atoms with Crippen LogP contribution in [0.25, 0.3) is 0 Å². The molecule has 112 valence electrons. The Morgan fingerprint density at radius 3 is 2.05 bits per heavy atom. The molecule has 1 saturated heterocycles. The maximum absolute atomic E-state index is 12.5. The average molecular weight is 306 g/mol. The molecule has 1 rings (SSSR count). The Kier molecular flexibility index (Phi) is 5.77. The average Bonchev–Trinajstić information content (AvgIpc) is 2.38. The number of hydrogen-bond acceptors (Lipinski definition) is 3. The van der Waals surface area contributed by atoms with E-state index in [2.05, 4.69) is 13.8 Å². The standard InChI is InChI=1S/C13H26N2O2S2/c1-4-11(12(14)18)19(16,17)15-9-7-13(5-2,6-3)8-10-15/h11H,4-10H2,1-3H3,(H2,14,18). The largest absolute Gasteiger partial charge is 0.392 e. The van der Waals surface area contributed by atoms with E-state index in [1.165, 1.54) is 0 Å². The molecule has 1 atom stereocenters. The molecule has 1 heterocycles. The van der Waals surface area contributed by atoms with Gasteiger partial charge in [0.25, 0.3) is 0 Å². The summed E-state index contributed by atoms with van der Waals surface area (Å²) in [5.74, 6) is 0. The van der Waals surface area contributed by atoms with Crippen LogP contribution in [0.1, 0.15) is 52.9 Å². The predicted octanol–water partition coefficient (Wildman–Crippen LogP) is 2.28. The highest BCUT2D eigenvalue weighted by atomic mass is 32.2. The van der Waals surface area contributed by atoms with Gasteiger partial charge in [0.2, 0.25) is 10.0 Å². The number of thiocarbonyl (C=S) groups is 1. The summed E-state index contributed by atoms with van der Waals surface area (Å²) in [7, 11) is -3.37. The third kappa shape index (κ3) is 3.47. The first-order valence-electron chi connectivity index (χ1n) is 7.11. The summed E-state index contributed by atoms with van der Waals surface area (Å²) in [6, 6.07) is 0. The predicted molar refractivity (Wildman–Crippen MR) is 83.6 cm³/mol. The van der Waals surface area contributed by atoms with Crippen LogP contribution in [0.15, 0.2) is 0 Å². The molecule has 0 saturated carbocycles. The third-order valence-corrected chi connectivity index (χ3v) is 7.52. The first-order valence-corrected chi connectivity index (χ1v) is 9.02. The Labute approximate surface area is 122 Å². The molecule has 0 amide bonds. The van der Waals surface area contributed by atoms with Gasteiger partial charge in [-0.2, -0.15) is 0 Å². The lowest BCUT2D eigenvalue weighted by molar-refractivity contribution is 0.141. The summed E-state index contributed by atoms with van der Waals surface area (Å²) in [5.41, 5.74) is 5.89. The third-order valence-electron chi connectivity index (χ3n) is 4.69. The summed E-state index contributed by atoms with van der Waals surface area (Å²) in [6.45, 7) is 7.40. The fourth-order valence-electron chi connectivity index (χ4n) is 2.91. The summed E-state index contributed by atoms with van der Waals surface area (Å²) < 4.78 is 26.6. The van der Waals surface area contributed by atoms with E-state index in [0.717, 1.165) is 25.7 Å². The lowest BCUT2D eigenvalue weighted by Gasteiger charge is -2.41. The first kappa shape index (κ1) is 16.9. The number of rotatable bonds is 6. The van der Waals surface area contributed by atoms with E-state index >= 15 is 0 Å². The van der Waals surface area contributed by atoms with Crippen molar-refractivity contribution in [2.75, 3.05) is 13.1 Å². The van der Waals surface area contributed by atoms with E-state index in [-0.39, 0.29) is 4.99 Å². The first-order chi connectivity index (χ1) is 8.83. The molecule has 0 aliphatic carbocycles. The van der Waals surface area contributed by atoms with Gasteiger partial charge in [0, 0.05) is 13.1 Å². The van der Waals surface area contributed by atoms with Crippen molar-refractivity contribution in [2.24, 2.45) is 11.1 Å². The van der Waals surface area contributed by atoms with Crippen LogP contribution >= 0.6 is 12.2 Å². The number of piperidine rings is 1. The van der Waals surface area contributed by atoms with Gasteiger partial charge in [0.05, 0.1) is 4.99 Å². The van der Waals surface area contributed by atoms with Gasteiger partial charge in [0.15, 0.2) is 0 Å². The van der Waals surface area contributed by atoms with Gasteiger partial charge in [0.1, 0.15) is 5.25 Å². The topological polar surface area (TPSA) is 63.4 Å². The number of nitrogens with two attached hydrogens (primary N) is 1. The van der Waals surface area contributed by atoms with Crippen LogP contribution in [0.3, 0.4) is 0 Å². The molecule has 1 aliphatic heterocycles. The van der Waals surface area contributed by atoms with Crippen LogP contribution in [0.2, 0.25) is 0 Å². The van der Waals surface area contributed by atoms with Gasteiger partial charge in [-0.05, 0) is 24.7 Å². The van der Waals surface area contributed by atoms with Crippen molar-refractivity contribution < 1.29 is 8.42 Å². The van der Waals surface area contributed by atoms with Gasteiger partial charge >= 0.3 is 0 Å². The Bertz CT molecular complexity index is 406. The van der Waals surface area contributed by atoms with Crippen molar-refractivity contribution in [3.63, 3.8) is 0 Å². The Hall–Kier alpha value is -0.200. The minimum atomic E-state index is -3.37. The SMILES string of the molecule is CCC(C(N)=S)S(=O)(=O)N1CCC(CC)(CC)CC1. The number of hydrogen-bond donors (Lipinski definition) is 1. The Balaban J connectivity index is 2.82.